The van der Waals surface area contributed by atoms with Crippen LogP contribution in [0.4, 0.5) is 0 Å². The molecular formula is C28H28N2O5. The van der Waals surface area contributed by atoms with Crippen molar-refractivity contribution in [3.05, 3.63) is 108 Å². The number of rotatable bonds is 9. The van der Waals surface area contributed by atoms with Crippen LogP contribution in [0, 0.1) is 0 Å². The first-order valence-corrected chi connectivity index (χ1v) is 11.5. The van der Waals surface area contributed by atoms with Gasteiger partial charge in [-0.1, -0.05) is 60.7 Å². The van der Waals surface area contributed by atoms with Crippen molar-refractivity contribution in [2.75, 3.05) is 6.61 Å². The molecule has 0 bridgehead atoms. The standard InChI is InChI=1S/C28H28N2O5/c31-19-26-25(30-28(33)21-7-3-1-4-8-21)16-15-24(35-26)17-27(32)29-18-20-11-13-23(14-12-20)34-22-9-5-2-6-10-22/h1-16,24-26,31H,17-19H2,(H,29,32)(H,30,33)/t24-,25+,26+/m0/s1. The van der Waals surface area contributed by atoms with Gasteiger partial charge in [0.25, 0.3) is 5.91 Å². The molecule has 7 heteroatoms. The molecule has 0 aliphatic carbocycles. The third-order valence-corrected chi connectivity index (χ3v) is 5.58. The van der Waals surface area contributed by atoms with E-state index in [1.807, 2.05) is 60.7 Å². The number of para-hydroxylation sites is 1. The minimum absolute atomic E-state index is 0.113. The summed E-state index contributed by atoms with van der Waals surface area (Å²) in [4.78, 5) is 24.9. The van der Waals surface area contributed by atoms with Gasteiger partial charge in [0, 0.05) is 12.1 Å². The first-order chi connectivity index (χ1) is 17.1. The molecule has 1 aliphatic heterocycles. The van der Waals surface area contributed by atoms with Crippen molar-refractivity contribution in [1.82, 2.24) is 10.6 Å². The Morgan fingerprint density at radius 3 is 2.20 bits per heavy atom. The predicted octanol–water partition coefficient (Wildman–Crippen LogP) is 3.60. The summed E-state index contributed by atoms with van der Waals surface area (Å²) in [6, 6.07) is 25.4. The second kappa shape index (κ2) is 12.0. The van der Waals surface area contributed by atoms with E-state index in [1.165, 1.54) is 0 Å². The number of aliphatic hydroxyl groups excluding tert-OH is 1. The number of carbonyl (C=O) groups excluding carboxylic acids is 2. The lowest BCUT2D eigenvalue weighted by molar-refractivity contribution is -0.125. The molecule has 7 nitrogen and oxygen atoms in total. The van der Waals surface area contributed by atoms with Crippen LogP contribution in [-0.4, -0.2) is 41.8 Å². The van der Waals surface area contributed by atoms with E-state index in [1.54, 1.807) is 36.4 Å². The quantitative estimate of drug-likeness (QED) is 0.414. The highest BCUT2D eigenvalue weighted by atomic mass is 16.5. The van der Waals surface area contributed by atoms with Gasteiger partial charge in [-0.25, -0.2) is 0 Å². The molecular weight excluding hydrogens is 444 g/mol. The minimum Gasteiger partial charge on any atom is -0.457 e. The highest BCUT2D eigenvalue weighted by Crippen LogP contribution is 2.21. The lowest BCUT2D eigenvalue weighted by Gasteiger charge is -2.31. The van der Waals surface area contributed by atoms with Gasteiger partial charge in [-0.05, 0) is 42.0 Å². The average molecular weight is 473 g/mol. The fraction of sp³-hybridized carbons (Fsp3) is 0.214. The van der Waals surface area contributed by atoms with E-state index in [4.69, 9.17) is 9.47 Å². The van der Waals surface area contributed by atoms with Crippen molar-refractivity contribution >= 4 is 11.8 Å². The second-order valence-electron chi connectivity index (χ2n) is 8.19. The third-order valence-electron chi connectivity index (χ3n) is 5.58. The zero-order valence-corrected chi connectivity index (χ0v) is 19.2. The van der Waals surface area contributed by atoms with Gasteiger partial charge in [0.05, 0.1) is 25.2 Å². The largest absolute Gasteiger partial charge is 0.457 e. The molecule has 3 aromatic carbocycles. The Hall–Kier alpha value is -3.94. The SMILES string of the molecule is O=C(C[C@@H]1C=C[C@@H](NC(=O)c2ccccc2)[C@@H](CO)O1)NCc1ccc(Oc2ccccc2)cc1. The maximum Gasteiger partial charge on any atom is 0.251 e. The zero-order valence-electron chi connectivity index (χ0n) is 19.2. The maximum absolute atomic E-state index is 12.5. The average Bonchev–Trinajstić information content (AvgIpc) is 2.90. The molecule has 0 saturated carbocycles. The zero-order chi connectivity index (χ0) is 24.5. The van der Waals surface area contributed by atoms with Crippen molar-refractivity contribution in [2.24, 2.45) is 0 Å². The number of nitrogens with one attached hydrogen (secondary N) is 2. The van der Waals surface area contributed by atoms with Crippen LogP contribution in [0.25, 0.3) is 0 Å². The fourth-order valence-electron chi connectivity index (χ4n) is 3.72. The van der Waals surface area contributed by atoms with Gasteiger partial charge in [0.2, 0.25) is 5.91 Å². The van der Waals surface area contributed by atoms with Gasteiger partial charge in [-0.3, -0.25) is 9.59 Å². The van der Waals surface area contributed by atoms with Gasteiger partial charge >= 0.3 is 0 Å². The monoisotopic (exact) mass is 472 g/mol. The highest BCUT2D eigenvalue weighted by molar-refractivity contribution is 5.94. The number of aliphatic hydroxyl groups is 1. The summed E-state index contributed by atoms with van der Waals surface area (Å²) in [6.07, 6.45) is 2.51. The van der Waals surface area contributed by atoms with Crippen molar-refractivity contribution in [1.29, 1.82) is 0 Å². The Bertz CT molecular complexity index is 1130. The molecule has 35 heavy (non-hydrogen) atoms. The fourth-order valence-corrected chi connectivity index (χ4v) is 3.72. The summed E-state index contributed by atoms with van der Waals surface area (Å²) in [6.45, 7) is 0.0969. The third kappa shape index (κ3) is 7.02. The Morgan fingerprint density at radius 2 is 1.51 bits per heavy atom. The summed E-state index contributed by atoms with van der Waals surface area (Å²) >= 11 is 0. The number of ether oxygens (including phenoxy) is 2. The van der Waals surface area contributed by atoms with Crippen LogP contribution in [0.2, 0.25) is 0 Å². The number of hydrogen-bond acceptors (Lipinski definition) is 5. The summed E-state index contributed by atoms with van der Waals surface area (Å²) in [5, 5.41) is 15.5. The van der Waals surface area contributed by atoms with E-state index in [9.17, 15) is 14.7 Å². The molecule has 3 aromatic rings. The van der Waals surface area contributed by atoms with Crippen LogP contribution in [-0.2, 0) is 16.1 Å². The number of amides is 2. The normalized spacial score (nSPS) is 19.1. The molecule has 3 N–H and O–H groups in total. The molecule has 0 unspecified atom stereocenters. The highest BCUT2D eigenvalue weighted by Gasteiger charge is 2.29. The molecule has 0 spiro atoms. The molecule has 180 valence electrons. The lowest BCUT2D eigenvalue weighted by Crippen LogP contribution is -2.49. The number of benzene rings is 3. The second-order valence-corrected chi connectivity index (χ2v) is 8.19. The lowest BCUT2D eigenvalue weighted by atomic mass is 10.0. The molecule has 2 amide bonds. The number of carbonyl (C=O) groups is 2. The van der Waals surface area contributed by atoms with Crippen LogP contribution >= 0.6 is 0 Å². The maximum atomic E-state index is 12.5. The first-order valence-electron chi connectivity index (χ1n) is 11.5. The Labute approximate surface area is 204 Å². The summed E-state index contributed by atoms with van der Waals surface area (Å²) in [5.74, 6) is 1.06. The van der Waals surface area contributed by atoms with Crippen molar-refractivity contribution in [3.8, 4) is 11.5 Å². The van der Waals surface area contributed by atoms with Crippen molar-refractivity contribution in [3.63, 3.8) is 0 Å². The van der Waals surface area contributed by atoms with E-state index in [-0.39, 0.29) is 24.8 Å². The van der Waals surface area contributed by atoms with E-state index in [0.717, 1.165) is 17.1 Å². The van der Waals surface area contributed by atoms with Crippen LogP contribution in [0.5, 0.6) is 11.5 Å². The summed E-state index contributed by atoms with van der Waals surface area (Å²) in [5.41, 5.74) is 1.47. The van der Waals surface area contributed by atoms with E-state index >= 15 is 0 Å². The van der Waals surface area contributed by atoms with Crippen LogP contribution in [0.1, 0.15) is 22.3 Å². The molecule has 0 saturated heterocycles. The van der Waals surface area contributed by atoms with Crippen LogP contribution < -0.4 is 15.4 Å². The number of hydrogen-bond donors (Lipinski definition) is 3. The topological polar surface area (TPSA) is 96.9 Å². The van der Waals surface area contributed by atoms with Crippen molar-refractivity contribution in [2.45, 2.75) is 31.2 Å². The Kier molecular flexibility index (Phi) is 8.27. The molecule has 0 aromatic heterocycles. The predicted molar refractivity (Wildman–Crippen MR) is 132 cm³/mol. The van der Waals surface area contributed by atoms with Gasteiger partial charge < -0.3 is 25.2 Å². The van der Waals surface area contributed by atoms with Gasteiger partial charge in [0.15, 0.2) is 0 Å². The Balaban J connectivity index is 1.24. The molecule has 0 radical (unpaired) electrons. The van der Waals surface area contributed by atoms with Gasteiger partial charge in [0.1, 0.15) is 17.6 Å². The minimum atomic E-state index is -0.636. The van der Waals surface area contributed by atoms with Crippen LogP contribution in [0.15, 0.2) is 97.1 Å². The molecule has 1 aliphatic rings. The molecule has 4 rings (SSSR count). The smallest absolute Gasteiger partial charge is 0.251 e. The van der Waals surface area contributed by atoms with E-state index in [2.05, 4.69) is 10.6 Å². The van der Waals surface area contributed by atoms with Gasteiger partial charge in [-0.15, -0.1) is 0 Å². The van der Waals surface area contributed by atoms with Crippen molar-refractivity contribution < 1.29 is 24.2 Å². The molecule has 1 heterocycles. The summed E-state index contributed by atoms with van der Waals surface area (Å²) in [7, 11) is 0. The van der Waals surface area contributed by atoms with E-state index < -0.39 is 18.2 Å². The first kappa shape index (κ1) is 24.2. The van der Waals surface area contributed by atoms with Crippen LogP contribution in [0.3, 0.4) is 0 Å². The molecule has 3 atom stereocenters. The molecule has 0 fully saturated rings. The Morgan fingerprint density at radius 1 is 0.857 bits per heavy atom. The van der Waals surface area contributed by atoms with Gasteiger partial charge in [-0.2, -0.15) is 0 Å². The summed E-state index contributed by atoms with van der Waals surface area (Å²) < 4.78 is 11.6. The van der Waals surface area contributed by atoms with E-state index in [0.29, 0.717) is 12.1 Å².